The Morgan fingerprint density at radius 2 is 2.25 bits per heavy atom. The molecule has 1 heterocycles. The number of ether oxygens (including phenoxy) is 1. The van der Waals surface area contributed by atoms with Crippen molar-refractivity contribution in [2.24, 2.45) is 11.1 Å². The molecule has 0 aromatic heterocycles. The molecule has 1 aliphatic carbocycles. The molecule has 4 heteroatoms. The fourth-order valence-corrected chi connectivity index (χ4v) is 1.99. The second-order valence-corrected chi connectivity index (χ2v) is 3.74. The molecule has 1 amide bonds. The molecule has 1 saturated carbocycles. The highest BCUT2D eigenvalue weighted by molar-refractivity contribution is 5.65. The number of rotatable bonds is 1. The van der Waals surface area contributed by atoms with Gasteiger partial charge in [-0.1, -0.05) is 0 Å². The molecule has 1 aliphatic heterocycles. The van der Waals surface area contributed by atoms with E-state index in [2.05, 4.69) is 5.32 Å². The van der Waals surface area contributed by atoms with Gasteiger partial charge in [0.25, 0.3) is 0 Å². The number of nitrogens with one attached hydrogen (secondary N) is 1. The van der Waals surface area contributed by atoms with E-state index >= 15 is 0 Å². The van der Waals surface area contributed by atoms with Gasteiger partial charge >= 0.3 is 6.09 Å². The fourth-order valence-electron chi connectivity index (χ4n) is 1.99. The number of amides is 1. The first-order chi connectivity index (χ1) is 5.73. The van der Waals surface area contributed by atoms with Crippen molar-refractivity contribution >= 4 is 6.09 Å². The van der Waals surface area contributed by atoms with Crippen LogP contribution in [0.3, 0.4) is 0 Å². The Morgan fingerprint density at radius 3 is 2.83 bits per heavy atom. The fraction of sp³-hybridized carbons (Fsp3) is 0.875. The van der Waals surface area contributed by atoms with Crippen molar-refractivity contribution in [2.75, 3.05) is 13.1 Å². The molecule has 3 N–H and O–H groups in total. The average molecular weight is 170 g/mol. The predicted molar refractivity (Wildman–Crippen MR) is 43.6 cm³/mol. The molecule has 0 radical (unpaired) electrons. The molecule has 12 heavy (non-hydrogen) atoms. The lowest BCUT2D eigenvalue weighted by molar-refractivity contribution is 0.0405. The van der Waals surface area contributed by atoms with E-state index in [1.54, 1.807) is 0 Å². The Balaban J connectivity index is 1.97. The van der Waals surface area contributed by atoms with Gasteiger partial charge < -0.3 is 15.8 Å². The molecule has 1 unspecified atom stereocenters. The van der Waals surface area contributed by atoms with Gasteiger partial charge in [-0.15, -0.1) is 0 Å². The Hall–Kier alpha value is -0.770. The maximum absolute atomic E-state index is 10.6. The number of hydrogen-bond acceptors (Lipinski definition) is 3. The number of carbonyl (C=O) groups is 1. The molecule has 1 atom stereocenters. The first-order valence-electron chi connectivity index (χ1n) is 4.40. The number of piperidine rings is 1. The van der Waals surface area contributed by atoms with Gasteiger partial charge in [-0.2, -0.15) is 0 Å². The summed E-state index contributed by atoms with van der Waals surface area (Å²) in [6.45, 7) is 1.81. The Kier molecular flexibility index (Phi) is 1.72. The van der Waals surface area contributed by atoms with Gasteiger partial charge in [0.15, 0.2) is 0 Å². The van der Waals surface area contributed by atoms with Crippen LogP contribution in [-0.4, -0.2) is 25.3 Å². The van der Waals surface area contributed by atoms with Crippen molar-refractivity contribution in [1.82, 2.24) is 5.32 Å². The second-order valence-electron chi connectivity index (χ2n) is 3.74. The predicted octanol–water partition coefficient (Wildman–Crippen LogP) is 0.224. The summed E-state index contributed by atoms with van der Waals surface area (Å²) in [5.41, 5.74) is 5.28. The minimum atomic E-state index is -0.644. The minimum Gasteiger partial charge on any atom is -0.444 e. The third kappa shape index (κ3) is 1.27. The third-order valence-corrected chi connectivity index (χ3v) is 2.96. The standard InChI is InChI=1S/C8H14N2O2/c9-7(11)12-6-5-10-4-3-8(6)1-2-8/h6,10H,1-5H2,(H2,9,11). The van der Waals surface area contributed by atoms with E-state index in [1.807, 2.05) is 0 Å². The van der Waals surface area contributed by atoms with Crippen LogP contribution in [0.15, 0.2) is 0 Å². The molecule has 0 bridgehead atoms. The minimum absolute atomic E-state index is 0.0174. The van der Waals surface area contributed by atoms with Crippen LogP contribution in [0.2, 0.25) is 0 Å². The highest BCUT2D eigenvalue weighted by Crippen LogP contribution is 2.53. The molecular weight excluding hydrogens is 156 g/mol. The lowest BCUT2D eigenvalue weighted by Crippen LogP contribution is -2.45. The molecule has 4 nitrogen and oxygen atoms in total. The Labute approximate surface area is 71.4 Å². The number of hydrogen-bond donors (Lipinski definition) is 2. The van der Waals surface area contributed by atoms with Crippen LogP contribution < -0.4 is 11.1 Å². The largest absolute Gasteiger partial charge is 0.444 e. The molecule has 0 aromatic carbocycles. The van der Waals surface area contributed by atoms with Crippen molar-refractivity contribution in [3.05, 3.63) is 0 Å². The normalized spacial score (nSPS) is 31.5. The summed E-state index contributed by atoms with van der Waals surface area (Å²) in [6.07, 6.45) is 2.86. The first kappa shape index (κ1) is 7.86. The second kappa shape index (κ2) is 2.62. The summed E-state index contributed by atoms with van der Waals surface area (Å²) < 4.78 is 5.05. The van der Waals surface area contributed by atoms with Crippen molar-refractivity contribution in [3.8, 4) is 0 Å². The lowest BCUT2D eigenvalue weighted by atomic mass is 9.92. The van der Waals surface area contributed by atoms with Crippen molar-refractivity contribution in [2.45, 2.75) is 25.4 Å². The molecule has 68 valence electrons. The average Bonchev–Trinajstić information content (AvgIpc) is 2.75. The molecule has 1 spiro atoms. The van der Waals surface area contributed by atoms with Gasteiger partial charge in [-0.3, -0.25) is 0 Å². The van der Waals surface area contributed by atoms with Crippen molar-refractivity contribution < 1.29 is 9.53 Å². The van der Waals surface area contributed by atoms with E-state index in [0.29, 0.717) is 5.41 Å². The van der Waals surface area contributed by atoms with E-state index in [4.69, 9.17) is 10.5 Å². The Morgan fingerprint density at radius 1 is 1.50 bits per heavy atom. The monoisotopic (exact) mass is 170 g/mol. The van der Waals surface area contributed by atoms with Gasteiger partial charge in [-0.25, -0.2) is 4.79 Å². The molecule has 2 fully saturated rings. The molecule has 2 rings (SSSR count). The van der Waals surface area contributed by atoms with Crippen molar-refractivity contribution in [3.63, 3.8) is 0 Å². The molecule has 2 aliphatic rings. The van der Waals surface area contributed by atoms with Crippen LogP contribution in [0.1, 0.15) is 19.3 Å². The van der Waals surface area contributed by atoms with E-state index < -0.39 is 6.09 Å². The molecular formula is C8H14N2O2. The maximum Gasteiger partial charge on any atom is 0.404 e. The summed E-state index contributed by atoms with van der Waals surface area (Å²) in [4.78, 5) is 10.6. The number of carbonyl (C=O) groups excluding carboxylic acids is 1. The SMILES string of the molecule is NC(=O)OC1CNCCC12CC2. The van der Waals surface area contributed by atoms with E-state index in [-0.39, 0.29) is 6.10 Å². The van der Waals surface area contributed by atoms with Gasteiger partial charge in [0, 0.05) is 12.0 Å². The van der Waals surface area contributed by atoms with Gasteiger partial charge in [0.2, 0.25) is 0 Å². The van der Waals surface area contributed by atoms with Crippen molar-refractivity contribution in [1.29, 1.82) is 0 Å². The highest BCUT2D eigenvalue weighted by atomic mass is 16.6. The Bertz CT molecular complexity index is 201. The summed E-state index contributed by atoms with van der Waals surface area (Å²) >= 11 is 0. The summed E-state index contributed by atoms with van der Waals surface area (Å²) in [6, 6.07) is 0. The number of nitrogens with two attached hydrogens (primary N) is 1. The quantitative estimate of drug-likeness (QED) is 0.591. The van der Waals surface area contributed by atoms with E-state index in [9.17, 15) is 4.79 Å². The van der Waals surface area contributed by atoms with Gasteiger partial charge in [-0.05, 0) is 25.8 Å². The van der Waals surface area contributed by atoms with Crippen LogP contribution in [0.25, 0.3) is 0 Å². The zero-order chi connectivity index (χ0) is 8.60. The summed E-state index contributed by atoms with van der Waals surface area (Å²) in [5, 5.41) is 3.20. The number of primary amides is 1. The summed E-state index contributed by atoms with van der Waals surface area (Å²) in [5.74, 6) is 0. The van der Waals surface area contributed by atoms with Crippen LogP contribution in [0.5, 0.6) is 0 Å². The topological polar surface area (TPSA) is 64.4 Å². The smallest absolute Gasteiger partial charge is 0.404 e. The maximum atomic E-state index is 10.6. The molecule has 1 saturated heterocycles. The first-order valence-corrected chi connectivity index (χ1v) is 4.40. The van der Waals surface area contributed by atoms with Crippen LogP contribution in [0.4, 0.5) is 4.79 Å². The molecule has 0 aromatic rings. The lowest BCUT2D eigenvalue weighted by Gasteiger charge is -2.31. The van der Waals surface area contributed by atoms with Crippen LogP contribution in [-0.2, 0) is 4.74 Å². The highest BCUT2D eigenvalue weighted by Gasteiger charge is 2.52. The summed E-state index contributed by atoms with van der Waals surface area (Å²) in [7, 11) is 0. The van der Waals surface area contributed by atoms with E-state index in [1.165, 1.54) is 12.8 Å². The third-order valence-electron chi connectivity index (χ3n) is 2.96. The van der Waals surface area contributed by atoms with Crippen LogP contribution in [0, 0.1) is 5.41 Å². The van der Waals surface area contributed by atoms with Crippen LogP contribution >= 0.6 is 0 Å². The zero-order valence-corrected chi connectivity index (χ0v) is 7.01. The van der Waals surface area contributed by atoms with Gasteiger partial charge in [0.1, 0.15) is 6.10 Å². The zero-order valence-electron chi connectivity index (χ0n) is 7.01. The van der Waals surface area contributed by atoms with E-state index in [0.717, 1.165) is 19.5 Å². The van der Waals surface area contributed by atoms with Gasteiger partial charge in [0.05, 0.1) is 0 Å².